The normalized spacial score (nSPS) is 16.7. The average Bonchev–Trinajstić information content (AvgIpc) is 2.86. The van der Waals surface area contributed by atoms with Crippen molar-refractivity contribution in [3.05, 3.63) is 0 Å². The smallest absolute Gasteiger partial charge is 0.326 e. The summed E-state index contributed by atoms with van der Waals surface area (Å²) in [5, 5.41) is 14.1. The van der Waals surface area contributed by atoms with Crippen molar-refractivity contribution in [3.8, 4) is 0 Å². The zero-order valence-corrected chi connectivity index (χ0v) is 11.0. The molecule has 0 aromatic rings. The Morgan fingerprint density at radius 2 is 1.95 bits per heavy atom. The van der Waals surface area contributed by atoms with Gasteiger partial charge >= 0.3 is 18.0 Å². The van der Waals surface area contributed by atoms with Gasteiger partial charge in [0.25, 0.3) is 0 Å². The first-order valence-electron chi connectivity index (χ1n) is 6.39. The Balaban J connectivity index is 2.36. The number of hydrogen-bond donors (Lipinski definition) is 3. The predicted molar refractivity (Wildman–Crippen MR) is 66.6 cm³/mol. The topological polar surface area (TPSA) is 105 Å². The van der Waals surface area contributed by atoms with Gasteiger partial charge in [-0.1, -0.05) is 12.8 Å². The number of amides is 2. The maximum Gasteiger partial charge on any atom is 0.326 e. The summed E-state index contributed by atoms with van der Waals surface area (Å²) in [6, 6.07) is -1.46. The molecule has 0 heterocycles. The molecule has 7 nitrogen and oxygen atoms in total. The van der Waals surface area contributed by atoms with Gasteiger partial charge in [0, 0.05) is 12.5 Å². The quantitative estimate of drug-likeness (QED) is 0.615. The van der Waals surface area contributed by atoms with E-state index in [0.29, 0.717) is 0 Å². The monoisotopic (exact) mass is 272 g/mol. The largest absolute Gasteiger partial charge is 0.480 e. The Labute approximate surface area is 111 Å². The van der Waals surface area contributed by atoms with Gasteiger partial charge in [0.2, 0.25) is 0 Å². The van der Waals surface area contributed by atoms with E-state index in [0.717, 1.165) is 25.7 Å². The lowest BCUT2D eigenvalue weighted by atomic mass is 10.1. The van der Waals surface area contributed by atoms with E-state index in [-0.39, 0.29) is 18.9 Å². The molecule has 0 aliphatic heterocycles. The van der Waals surface area contributed by atoms with E-state index in [4.69, 9.17) is 5.11 Å². The van der Waals surface area contributed by atoms with E-state index in [1.54, 1.807) is 0 Å². The highest BCUT2D eigenvalue weighted by atomic mass is 16.5. The van der Waals surface area contributed by atoms with Crippen LogP contribution in [0.4, 0.5) is 4.79 Å². The van der Waals surface area contributed by atoms with Crippen LogP contribution in [-0.2, 0) is 14.3 Å². The highest BCUT2D eigenvalue weighted by molar-refractivity contribution is 5.83. The van der Waals surface area contributed by atoms with E-state index >= 15 is 0 Å². The molecular weight excluding hydrogens is 252 g/mol. The minimum absolute atomic E-state index is 0.0140. The summed E-state index contributed by atoms with van der Waals surface area (Å²) in [7, 11) is 1.23. The van der Waals surface area contributed by atoms with Gasteiger partial charge in [0.05, 0.1) is 7.11 Å². The maximum atomic E-state index is 11.6. The number of ether oxygens (including phenoxy) is 1. The van der Waals surface area contributed by atoms with Crippen LogP contribution in [0.15, 0.2) is 0 Å². The standard InChI is InChI=1S/C12H20N2O5/c1-19-10(15)7-6-9(11(16)17)14-12(18)13-8-4-2-3-5-8/h8-9H,2-7H2,1H3,(H,16,17)(H2,13,14,18). The van der Waals surface area contributed by atoms with E-state index in [1.165, 1.54) is 7.11 Å². The fourth-order valence-electron chi connectivity index (χ4n) is 2.08. The minimum atomic E-state index is -1.16. The summed E-state index contributed by atoms with van der Waals surface area (Å²) < 4.78 is 4.43. The Kier molecular flexibility index (Phi) is 6.11. The summed E-state index contributed by atoms with van der Waals surface area (Å²) in [5.74, 6) is -1.66. The zero-order valence-electron chi connectivity index (χ0n) is 11.0. The van der Waals surface area contributed by atoms with Crippen LogP contribution in [0.25, 0.3) is 0 Å². The molecule has 1 aliphatic rings. The first-order chi connectivity index (χ1) is 9.02. The van der Waals surface area contributed by atoms with E-state index in [1.807, 2.05) is 0 Å². The van der Waals surface area contributed by atoms with Crippen LogP contribution in [0.2, 0.25) is 0 Å². The van der Waals surface area contributed by atoms with Crippen molar-refractivity contribution in [1.29, 1.82) is 0 Å². The summed E-state index contributed by atoms with van der Waals surface area (Å²) in [5.41, 5.74) is 0. The summed E-state index contributed by atoms with van der Waals surface area (Å²) in [6.45, 7) is 0. The van der Waals surface area contributed by atoms with E-state index in [9.17, 15) is 14.4 Å². The van der Waals surface area contributed by atoms with Gasteiger partial charge in [-0.05, 0) is 19.3 Å². The van der Waals surface area contributed by atoms with Crippen molar-refractivity contribution in [2.45, 2.75) is 50.6 Å². The molecule has 0 spiro atoms. The second kappa shape index (κ2) is 7.60. The SMILES string of the molecule is COC(=O)CCC(NC(=O)NC1CCCC1)C(=O)O. The van der Waals surface area contributed by atoms with Crippen LogP contribution in [0.1, 0.15) is 38.5 Å². The number of carboxylic acids is 1. The number of carbonyl (C=O) groups is 3. The van der Waals surface area contributed by atoms with Crippen LogP contribution >= 0.6 is 0 Å². The molecule has 1 aliphatic carbocycles. The lowest BCUT2D eigenvalue weighted by Gasteiger charge is -2.17. The van der Waals surface area contributed by atoms with Gasteiger partial charge in [0.1, 0.15) is 6.04 Å². The number of carboxylic acid groups (broad SMARTS) is 1. The molecule has 2 amide bonds. The molecule has 108 valence electrons. The van der Waals surface area contributed by atoms with Crippen LogP contribution in [0.5, 0.6) is 0 Å². The average molecular weight is 272 g/mol. The van der Waals surface area contributed by atoms with Crippen molar-refractivity contribution < 1.29 is 24.2 Å². The first kappa shape index (κ1) is 15.3. The van der Waals surface area contributed by atoms with Crippen LogP contribution in [0.3, 0.4) is 0 Å². The minimum Gasteiger partial charge on any atom is -0.480 e. The number of rotatable bonds is 6. The molecular formula is C12H20N2O5. The number of hydrogen-bond acceptors (Lipinski definition) is 4. The van der Waals surface area contributed by atoms with Gasteiger partial charge in [0.15, 0.2) is 0 Å². The third-order valence-corrected chi connectivity index (χ3v) is 3.16. The van der Waals surface area contributed by atoms with Gasteiger partial charge in [-0.3, -0.25) is 4.79 Å². The molecule has 1 fully saturated rings. The molecule has 3 N–H and O–H groups in total. The Morgan fingerprint density at radius 3 is 2.47 bits per heavy atom. The molecule has 0 aromatic heterocycles. The molecule has 0 aromatic carbocycles. The molecule has 1 unspecified atom stereocenters. The zero-order chi connectivity index (χ0) is 14.3. The summed E-state index contributed by atoms with van der Waals surface area (Å²) >= 11 is 0. The highest BCUT2D eigenvalue weighted by Crippen LogP contribution is 2.17. The fraction of sp³-hybridized carbons (Fsp3) is 0.750. The second-order valence-corrected chi connectivity index (χ2v) is 4.60. The molecule has 1 saturated carbocycles. The summed E-state index contributed by atoms with van der Waals surface area (Å²) in [6.07, 6.45) is 3.98. The molecule has 0 bridgehead atoms. The molecule has 1 atom stereocenters. The van der Waals surface area contributed by atoms with Gasteiger partial charge in [-0.2, -0.15) is 0 Å². The van der Waals surface area contributed by atoms with Crippen molar-refractivity contribution in [3.63, 3.8) is 0 Å². The van der Waals surface area contributed by atoms with Crippen molar-refractivity contribution >= 4 is 18.0 Å². The van der Waals surface area contributed by atoms with Crippen molar-refractivity contribution in [2.24, 2.45) is 0 Å². The lowest BCUT2D eigenvalue weighted by molar-refractivity contribution is -0.142. The maximum absolute atomic E-state index is 11.6. The number of aliphatic carboxylic acids is 1. The molecule has 1 rings (SSSR count). The van der Waals surface area contributed by atoms with Gasteiger partial charge < -0.3 is 20.5 Å². The molecule has 0 radical (unpaired) electrons. The fourth-order valence-corrected chi connectivity index (χ4v) is 2.08. The van der Waals surface area contributed by atoms with E-state index < -0.39 is 24.0 Å². The number of nitrogens with one attached hydrogen (secondary N) is 2. The second-order valence-electron chi connectivity index (χ2n) is 4.60. The third-order valence-electron chi connectivity index (χ3n) is 3.16. The van der Waals surface area contributed by atoms with E-state index in [2.05, 4.69) is 15.4 Å². The third kappa shape index (κ3) is 5.58. The summed E-state index contributed by atoms with van der Waals surface area (Å²) in [4.78, 5) is 33.6. The number of methoxy groups -OCH3 is 1. The van der Waals surface area contributed by atoms with Crippen molar-refractivity contribution in [2.75, 3.05) is 7.11 Å². The molecule has 19 heavy (non-hydrogen) atoms. The predicted octanol–water partition coefficient (Wildman–Crippen LogP) is 0.635. The Bertz CT molecular complexity index is 339. The van der Waals surface area contributed by atoms with Gasteiger partial charge in [-0.25, -0.2) is 9.59 Å². The Morgan fingerprint density at radius 1 is 1.32 bits per heavy atom. The molecule has 0 saturated heterocycles. The van der Waals surface area contributed by atoms with Crippen LogP contribution in [0, 0.1) is 0 Å². The van der Waals surface area contributed by atoms with Gasteiger partial charge in [-0.15, -0.1) is 0 Å². The number of urea groups is 1. The highest BCUT2D eigenvalue weighted by Gasteiger charge is 2.23. The number of esters is 1. The van der Waals surface area contributed by atoms with Crippen LogP contribution in [-0.4, -0.2) is 42.3 Å². The Hall–Kier alpha value is -1.79. The number of carbonyl (C=O) groups excluding carboxylic acids is 2. The first-order valence-corrected chi connectivity index (χ1v) is 6.39. The molecule has 7 heteroatoms. The lowest BCUT2D eigenvalue weighted by Crippen LogP contribution is -2.48. The van der Waals surface area contributed by atoms with Crippen molar-refractivity contribution in [1.82, 2.24) is 10.6 Å². The van der Waals surface area contributed by atoms with Crippen LogP contribution < -0.4 is 10.6 Å².